The number of carbonyl (C=O) groups excluding carboxylic acids is 1. The molecule has 2 rings (SSSR count). The van der Waals surface area contributed by atoms with Gasteiger partial charge in [-0.05, 0) is 11.6 Å². The normalized spacial score (nSPS) is 9.87. The van der Waals surface area contributed by atoms with Gasteiger partial charge in [-0.15, -0.1) is 0 Å². The highest BCUT2D eigenvalue weighted by Crippen LogP contribution is 2.04. The molecule has 0 aliphatic carbocycles. The lowest BCUT2D eigenvalue weighted by Gasteiger charge is -2.02. The summed E-state index contributed by atoms with van der Waals surface area (Å²) in [5.41, 5.74) is 1.53. The molecule has 0 saturated carbocycles. The van der Waals surface area contributed by atoms with Crippen LogP contribution in [0.3, 0.4) is 0 Å². The lowest BCUT2D eigenvalue weighted by molar-refractivity contribution is 0.0473. The zero-order valence-electron chi connectivity index (χ0n) is 8.14. The maximum absolute atomic E-state index is 11.4. The maximum atomic E-state index is 11.4. The van der Waals surface area contributed by atoms with Crippen LogP contribution in [0.2, 0.25) is 0 Å². The molecule has 15 heavy (non-hydrogen) atoms. The molecule has 0 amide bonds. The van der Waals surface area contributed by atoms with Crippen LogP contribution in [-0.2, 0) is 11.3 Å². The van der Waals surface area contributed by atoms with Gasteiger partial charge in [0.25, 0.3) is 0 Å². The average molecular weight is 201 g/mol. The van der Waals surface area contributed by atoms with E-state index in [2.05, 4.69) is 4.98 Å². The van der Waals surface area contributed by atoms with Gasteiger partial charge in [0.1, 0.15) is 6.61 Å². The monoisotopic (exact) mass is 201 g/mol. The van der Waals surface area contributed by atoms with Crippen molar-refractivity contribution in [3.05, 3.63) is 59.9 Å². The van der Waals surface area contributed by atoms with Gasteiger partial charge in [-0.1, -0.05) is 30.3 Å². The van der Waals surface area contributed by atoms with Crippen molar-refractivity contribution in [1.29, 1.82) is 0 Å². The molecule has 2 aromatic rings. The van der Waals surface area contributed by atoms with E-state index in [-0.39, 0.29) is 5.97 Å². The van der Waals surface area contributed by atoms with Gasteiger partial charge in [-0.3, -0.25) is 0 Å². The number of hydrogen-bond donors (Lipinski definition) is 1. The molecule has 0 bridgehead atoms. The number of rotatable bonds is 3. The molecule has 0 unspecified atom stereocenters. The standard InChI is InChI=1S/C12H11NO2/c14-12(11-6-7-13-8-11)15-9-10-4-2-1-3-5-10/h1-8,13H,9H2. The summed E-state index contributed by atoms with van der Waals surface area (Å²) < 4.78 is 5.11. The minimum Gasteiger partial charge on any atom is -0.457 e. The van der Waals surface area contributed by atoms with Crippen molar-refractivity contribution >= 4 is 5.97 Å². The van der Waals surface area contributed by atoms with E-state index in [9.17, 15) is 4.79 Å². The Morgan fingerprint density at radius 2 is 2.00 bits per heavy atom. The van der Waals surface area contributed by atoms with Crippen LogP contribution in [0.4, 0.5) is 0 Å². The van der Waals surface area contributed by atoms with Crippen LogP contribution in [0.15, 0.2) is 48.8 Å². The molecule has 0 aliphatic heterocycles. The second-order valence-corrected chi connectivity index (χ2v) is 3.16. The molecule has 76 valence electrons. The molecule has 1 heterocycles. The third kappa shape index (κ3) is 2.47. The molecule has 0 saturated heterocycles. The number of H-pyrrole nitrogens is 1. The van der Waals surface area contributed by atoms with E-state index in [1.165, 1.54) is 0 Å². The summed E-state index contributed by atoms with van der Waals surface area (Å²) in [5, 5.41) is 0. The molecule has 0 aliphatic rings. The number of hydrogen-bond acceptors (Lipinski definition) is 2. The van der Waals surface area contributed by atoms with E-state index in [4.69, 9.17) is 4.74 Å². The summed E-state index contributed by atoms with van der Waals surface area (Å²) in [7, 11) is 0. The number of carbonyl (C=O) groups is 1. The second-order valence-electron chi connectivity index (χ2n) is 3.16. The fourth-order valence-electron chi connectivity index (χ4n) is 1.26. The average Bonchev–Trinajstić information content (AvgIpc) is 2.81. The van der Waals surface area contributed by atoms with Crippen molar-refractivity contribution in [2.24, 2.45) is 0 Å². The van der Waals surface area contributed by atoms with Crippen LogP contribution in [-0.4, -0.2) is 11.0 Å². The summed E-state index contributed by atoms with van der Waals surface area (Å²) in [6, 6.07) is 11.3. The topological polar surface area (TPSA) is 42.1 Å². The molecule has 3 heteroatoms. The number of ether oxygens (including phenoxy) is 1. The Balaban J connectivity index is 1.92. The lowest BCUT2D eigenvalue weighted by atomic mass is 10.2. The van der Waals surface area contributed by atoms with Gasteiger partial charge in [0, 0.05) is 12.4 Å². The van der Waals surface area contributed by atoms with Gasteiger partial charge in [0.05, 0.1) is 5.56 Å². The molecule has 0 atom stereocenters. The molecule has 3 nitrogen and oxygen atoms in total. The summed E-state index contributed by atoms with van der Waals surface area (Å²) in [4.78, 5) is 14.2. The van der Waals surface area contributed by atoms with Gasteiger partial charge < -0.3 is 9.72 Å². The van der Waals surface area contributed by atoms with Crippen molar-refractivity contribution in [1.82, 2.24) is 4.98 Å². The van der Waals surface area contributed by atoms with Gasteiger partial charge in [-0.25, -0.2) is 4.79 Å². The molecule has 1 N–H and O–H groups in total. The zero-order valence-corrected chi connectivity index (χ0v) is 8.14. The van der Waals surface area contributed by atoms with E-state index in [0.717, 1.165) is 5.56 Å². The molecule has 1 aromatic heterocycles. The number of nitrogens with one attached hydrogen (secondary N) is 1. The minimum absolute atomic E-state index is 0.305. The smallest absolute Gasteiger partial charge is 0.340 e. The lowest BCUT2D eigenvalue weighted by Crippen LogP contribution is -2.03. The fraction of sp³-hybridized carbons (Fsp3) is 0.0833. The van der Waals surface area contributed by atoms with Gasteiger partial charge in [-0.2, -0.15) is 0 Å². The van der Waals surface area contributed by atoms with Gasteiger partial charge >= 0.3 is 5.97 Å². The minimum atomic E-state index is -0.305. The molecular formula is C12H11NO2. The Bertz CT molecular complexity index is 420. The Hall–Kier alpha value is -2.03. The van der Waals surface area contributed by atoms with Gasteiger partial charge in [0.2, 0.25) is 0 Å². The van der Waals surface area contributed by atoms with Crippen molar-refractivity contribution in [3.63, 3.8) is 0 Å². The Morgan fingerprint density at radius 3 is 2.67 bits per heavy atom. The number of aromatic amines is 1. The van der Waals surface area contributed by atoms with Crippen LogP contribution in [0.1, 0.15) is 15.9 Å². The zero-order chi connectivity index (χ0) is 10.5. The highest BCUT2D eigenvalue weighted by molar-refractivity contribution is 5.89. The Morgan fingerprint density at radius 1 is 1.20 bits per heavy atom. The van der Waals surface area contributed by atoms with Crippen molar-refractivity contribution in [2.45, 2.75) is 6.61 Å². The van der Waals surface area contributed by atoms with Crippen LogP contribution < -0.4 is 0 Å². The first kappa shape index (κ1) is 9.52. The molecule has 0 radical (unpaired) electrons. The maximum Gasteiger partial charge on any atom is 0.340 e. The SMILES string of the molecule is O=C(OCc1ccccc1)c1cc[nH]c1. The molecule has 0 spiro atoms. The first-order chi connectivity index (χ1) is 7.36. The van der Waals surface area contributed by atoms with Crippen molar-refractivity contribution < 1.29 is 9.53 Å². The number of aromatic nitrogens is 1. The van der Waals surface area contributed by atoms with Crippen LogP contribution in [0, 0.1) is 0 Å². The van der Waals surface area contributed by atoms with Gasteiger partial charge in [0.15, 0.2) is 0 Å². The van der Waals surface area contributed by atoms with Crippen molar-refractivity contribution in [2.75, 3.05) is 0 Å². The second kappa shape index (κ2) is 4.46. The summed E-state index contributed by atoms with van der Waals surface area (Å²) >= 11 is 0. The summed E-state index contributed by atoms with van der Waals surface area (Å²) in [6.07, 6.45) is 3.31. The molecular weight excluding hydrogens is 190 g/mol. The highest BCUT2D eigenvalue weighted by Gasteiger charge is 2.06. The number of benzene rings is 1. The third-order valence-corrected chi connectivity index (χ3v) is 2.05. The van der Waals surface area contributed by atoms with Crippen LogP contribution >= 0.6 is 0 Å². The van der Waals surface area contributed by atoms with E-state index < -0.39 is 0 Å². The van der Waals surface area contributed by atoms with Crippen LogP contribution in [0.25, 0.3) is 0 Å². The predicted molar refractivity (Wildman–Crippen MR) is 56.4 cm³/mol. The molecule has 1 aromatic carbocycles. The fourth-order valence-corrected chi connectivity index (χ4v) is 1.26. The van der Waals surface area contributed by atoms with E-state index >= 15 is 0 Å². The quantitative estimate of drug-likeness (QED) is 0.774. The van der Waals surface area contributed by atoms with E-state index in [1.807, 2.05) is 30.3 Å². The van der Waals surface area contributed by atoms with E-state index in [0.29, 0.717) is 12.2 Å². The van der Waals surface area contributed by atoms with Crippen LogP contribution in [0.5, 0.6) is 0 Å². The first-order valence-corrected chi connectivity index (χ1v) is 4.70. The predicted octanol–water partition coefficient (Wildman–Crippen LogP) is 2.37. The summed E-state index contributed by atoms with van der Waals surface area (Å²) in [6.45, 7) is 0.310. The highest BCUT2D eigenvalue weighted by atomic mass is 16.5. The first-order valence-electron chi connectivity index (χ1n) is 4.70. The Kier molecular flexibility index (Phi) is 2.83. The number of esters is 1. The van der Waals surface area contributed by atoms with Crippen molar-refractivity contribution in [3.8, 4) is 0 Å². The molecule has 0 fully saturated rings. The Labute approximate surface area is 87.7 Å². The largest absolute Gasteiger partial charge is 0.457 e. The third-order valence-electron chi connectivity index (χ3n) is 2.05. The van der Waals surface area contributed by atoms with E-state index in [1.54, 1.807) is 18.5 Å². The summed E-state index contributed by atoms with van der Waals surface area (Å²) in [5.74, 6) is -0.305.